The van der Waals surface area contributed by atoms with E-state index < -0.39 is 65.1 Å². The third kappa shape index (κ3) is 7.28. The molecule has 46 heavy (non-hydrogen) atoms. The number of allylic oxidation sites excluding steroid dienone is 1. The van der Waals surface area contributed by atoms with Gasteiger partial charge in [0.15, 0.2) is 0 Å². The van der Waals surface area contributed by atoms with Gasteiger partial charge in [0.1, 0.15) is 35.1 Å². The summed E-state index contributed by atoms with van der Waals surface area (Å²) in [5, 5.41) is 5.54. The highest BCUT2D eigenvalue weighted by Crippen LogP contribution is 2.46. The average molecular weight is 643 g/mol. The molecule has 3 heterocycles. The van der Waals surface area contributed by atoms with Crippen LogP contribution in [0.3, 0.4) is 0 Å². The van der Waals surface area contributed by atoms with Gasteiger partial charge in [-0.3, -0.25) is 14.5 Å². The number of methoxy groups -OCH3 is 1. The minimum Gasteiger partial charge on any atom is -0.467 e. The summed E-state index contributed by atoms with van der Waals surface area (Å²) in [5.74, 6) is -2.35. The van der Waals surface area contributed by atoms with Crippen LogP contribution < -0.4 is 10.6 Å². The molecule has 0 spiro atoms. The second-order valence-corrected chi connectivity index (χ2v) is 13.5. The van der Waals surface area contributed by atoms with Crippen LogP contribution in [0.25, 0.3) is 0 Å². The van der Waals surface area contributed by atoms with E-state index >= 15 is 0 Å². The molecule has 0 unspecified atom stereocenters. The maximum Gasteiger partial charge on any atom is 0.410 e. The first-order valence-corrected chi connectivity index (χ1v) is 15.9. The molecule has 3 aliphatic heterocycles. The SMILES string of the molecule is COC(=O)[C@@]12C[C@H]1C=CCCCCC[C@H](NC(=O)OC(C)(C)C)C(=O)N1C[C@H](OC(=O)N3Cc4cccc(F)c4C3)C[C@H]1C(=O)N2. The first-order chi connectivity index (χ1) is 21.8. The number of benzene rings is 1. The number of halogens is 1. The second-order valence-electron chi connectivity index (χ2n) is 13.5. The third-order valence-electron chi connectivity index (χ3n) is 8.93. The van der Waals surface area contributed by atoms with Crippen molar-refractivity contribution in [3.05, 3.63) is 47.3 Å². The van der Waals surface area contributed by atoms with E-state index in [0.29, 0.717) is 30.4 Å². The number of hydrogen-bond donors (Lipinski definition) is 2. The predicted molar refractivity (Wildman–Crippen MR) is 162 cm³/mol. The molecule has 2 fully saturated rings. The molecule has 0 bridgehead atoms. The monoisotopic (exact) mass is 642 g/mol. The summed E-state index contributed by atoms with van der Waals surface area (Å²) in [4.78, 5) is 69.6. The normalized spacial score (nSPS) is 28.1. The topological polar surface area (TPSA) is 144 Å². The van der Waals surface area contributed by atoms with E-state index in [0.717, 1.165) is 19.3 Å². The van der Waals surface area contributed by atoms with Gasteiger partial charge in [-0.2, -0.15) is 0 Å². The zero-order valence-electron chi connectivity index (χ0n) is 26.8. The zero-order valence-corrected chi connectivity index (χ0v) is 26.8. The van der Waals surface area contributed by atoms with Crippen LogP contribution in [0.15, 0.2) is 30.4 Å². The van der Waals surface area contributed by atoms with Gasteiger partial charge in [-0.1, -0.05) is 37.1 Å². The molecule has 1 aromatic rings. The second kappa shape index (κ2) is 13.3. The molecule has 13 heteroatoms. The standard InChI is InChI=1S/C33H43FN4O8/c1-32(2,3)46-30(42)35-25-14-9-7-5-6-8-12-21-16-33(21,29(41)44-4)36-27(39)26-15-22(18-38(26)28(25)40)45-31(43)37-17-20-11-10-13-24(34)23(20)19-37/h8,10-13,21-22,25-26H,5-7,9,14-19H2,1-4H3,(H,35,42)(H,36,39)/t21-,22-,25+,26+,33-/m1/s1. The molecule has 2 N–H and O–H groups in total. The molecule has 5 rings (SSSR count). The summed E-state index contributed by atoms with van der Waals surface area (Å²) < 4.78 is 30.6. The predicted octanol–water partition coefficient (Wildman–Crippen LogP) is 3.71. The molecule has 4 aliphatic rings. The summed E-state index contributed by atoms with van der Waals surface area (Å²) in [6.07, 6.45) is 5.23. The van der Waals surface area contributed by atoms with E-state index in [-0.39, 0.29) is 32.0 Å². The zero-order chi connectivity index (χ0) is 33.2. The quantitative estimate of drug-likeness (QED) is 0.289. The van der Waals surface area contributed by atoms with Crippen molar-refractivity contribution in [1.29, 1.82) is 0 Å². The van der Waals surface area contributed by atoms with Crippen LogP contribution in [-0.2, 0) is 41.7 Å². The Kier molecular flexibility index (Phi) is 9.59. The van der Waals surface area contributed by atoms with E-state index in [1.54, 1.807) is 32.9 Å². The first-order valence-electron chi connectivity index (χ1n) is 15.9. The molecule has 0 radical (unpaired) electrons. The van der Waals surface area contributed by atoms with E-state index in [2.05, 4.69) is 10.6 Å². The molecule has 5 atom stereocenters. The molecular weight excluding hydrogens is 599 g/mol. The highest BCUT2D eigenvalue weighted by Gasteiger charge is 2.62. The molecule has 250 valence electrons. The number of rotatable bonds is 3. The lowest BCUT2D eigenvalue weighted by Gasteiger charge is -2.30. The van der Waals surface area contributed by atoms with Crippen molar-refractivity contribution >= 4 is 30.0 Å². The summed E-state index contributed by atoms with van der Waals surface area (Å²) in [6, 6.07) is 2.57. The number of nitrogens with one attached hydrogen (secondary N) is 2. The lowest BCUT2D eigenvalue weighted by Crippen LogP contribution is -2.56. The molecular formula is C33H43FN4O8. The molecule has 4 amide bonds. The number of carbonyl (C=O) groups is 5. The molecule has 1 saturated heterocycles. The van der Waals surface area contributed by atoms with Gasteiger partial charge in [0.2, 0.25) is 11.8 Å². The number of ether oxygens (including phenoxy) is 3. The average Bonchev–Trinajstić information content (AvgIpc) is 3.29. The maximum atomic E-state index is 14.3. The molecule has 0 aromatic heterocycles. The van der Waals surface area contributed by atoms with Crippen molar-refractivity contribution in [3.63, 3.8) is 0 Å². The Morgan fingerprint density at radius 3 is 2.61 bits per heavy atom. The highest BCUT2D eigenvalue weighted by molar-refractivity contribution is 5.96. The van der Waals surface area contributed by atoms with Crippen molar-refractivity contribution in [3.8, 4) is 0 Å². The van der Waals surface area contributed by atoms with Crippen LogP contribution in [0.2, 0.25) is 0 Å². The van der Waals surface area contributed by atoms with Crippen LogP contribution in [0, 0.1) is 11.7 Å². The minimum absolute atomic E-state index is 0.0324. The molecule has 1 saturated carbocycles. The van der Waals surface area contributed by atoms with Crippen molar-refractivity contribution in [2.45, 2.75) is 108 Å². The molecule has 1 aromatic carbocycles. The Labute approximate surface area is 268 Å². The summed E-state index contributed by atoms with van der Waals surface area (Å²) >= 11 is 0. The van der Waals surface area contributed by atoms with E-state index in [1.165, 1.54) is 23.0 Å². The van der Waals surface area contributed by atoms with Crippen LogP contribution in [0.4, 0.5) is 14.0 Å². The summed E-state index contributed by atoms with van der Waals surface area (Å²) in [7, 11) is 1.26. The fraction of sp³-hybridized carbons (Fsp3) is 0.606. The number of nitrogens with zero attached hydrogens (tertiary/aromatic N) is 2. The van der Waals surface area contributed by atoms with E-state index in [4.69, 9.17) is 14.2 Å². The Balaban J connectivity index is 1.38. The number of alkyl carbamates (subject to hydrolysis) is 1. The van der Waals surface area contributed by atoms with Gasteiger partial charge in [0.25, 0.3) is 0 Å². The largest absolute Gasteiger partial charge is 0.467 e. The lowest BCUT2D eigenvalue weighted by molar-refractivity contribution is -0.148. The Hall–Kier alpha value is -4.16. The molecule has 12 nitrogen and oxygen atoms in total. The fourth-order valence-corrected chi connectivity index (χ4v) is 6.49. The number of carbonyl (C=O) groups excluding carboxylic acids is 5. The fourth-order valence-electron chi connectivity index (χ4n) is 6.49. The van der Waals surface area contributed by atoms with Crippen molar-refractivity contribution in [2.75, 3.05) is 13.7 Å². The number of hydrogen-bond acceptors (Lipinski definition) is 8. The maximum absolute atomic E-state index is 14.3. The lowest BCUT2D eigenvalue weighted by atomic mass is 10.0. The van der Waals surface area contributed by atoms with Gasteiger partial charge in [-0.15, -0.1) is 0 Å². The van der Waals surface area contributed by atoms with Crippen LogP contribution >= 0.6 is 0 Å². The highest BCUT2D eigenvalue weighted by atomic mass is 19.1. The Morgan fingerprint density at radius 2 is 1.89 bits per heavy atom. The van der Waals surface area contributed by atoms with Gasteiger partial charge in [0.05, 0.1) is 20.2 Å². The van der Waals surface area contributed by atoms with E-state index in [9.17, 15) is 28.4 Å². The summed E-state index contributed by atoms with van der Waals surface area (Å²) in [6.45, 7) is 5.25. The van der Waals surface area contributed by atoms with Crippen LogP contribution in [0.5, 0.6) is 0 Å². The third-order valence-corrected chi connectivity index (χ3v) is 8.93. The Morgan fingerprint density at radius 1 is 1.11 bits per heavy atom. The van der Waals surface area contributed by atoms with Crippen molar-refractivity contribution < 1.29 is 42.6 Å². The number of esters is 1. The first kappa shape index (κ1) is 33.2. The number of fused-ring (bicyclic) bond motifs is 3. The van der Waals surface area contributed by atoms with E-state index in [1.807, 2.05) is 12.2 Å². The minimum atomic E-state index is -1.26. The number of amides is 4. The van der Waals surface area contributed by atoms with Gasteiger partial charge in [-0.25, -0.2) is 18.8 Å². The van der Waals surface area contributed by atoms with Crippen molar-refractivity contribution in [2.24, 2.45) is 5.92 Å². The molecule has 1 aliphatic carbocycles. The van der Waals surface area contributed by atoms with Gasteiger partial charge >= 0.3 is 18.2 Å². The van der Waals surface area contributed by atoms with Crippen LogP contribution in [-0.4, -0.2) is 82.8 Å². The van der Waals surface area contributed by atoms with Gasteiger partial charge < -0.3 is 29.7 Å². The van der Waals surface area contributed by atoms with Crippen molar-refractivity contribution in [1.82, 2.24) is 20.4 Å². The van der Waals surface area contributed by atoms with Gasteiger partial charge in [0, 0.05) is 24.4 Å². The summed E-state index contributed by atoms with van der Waals surface area (Å²) in [5.41, 5.74) is -0.950. The Bertz CT molecular complexity index is 1410. The van der Waals surface area contributed by atoms with Crippen LogP contribution in [0.1, 0.15) is 76.8 Å². The van der Waals surface area contributed by atoms with Gasteiger partial charge in [-0.05, 0) is 58.1 Å². The smallest absolute Gasteiger partial charge is 0.410 e.